The van der Waals surface area contributed by atoms with Crippen molar-refractivity contribution in [1.29, 1.82) is 0 Å². The first kappa shape index (κ1) is 18.5. The summed E-state index contributed by atoms with van der Waals surface area (Å²) in [5, 5.41) is 14.5. The van der Waals surface area contributed by atoms with E-state index in [0.717, 1.165) is 22.2 Å². The van der Waals surface area contributed by atoms with Crippen molar-refractivity contribution in [3.63, 3.8) is 0 Å². The Morgan fingerprint density at radius 1 is 1.21 bits per heavy atom. The summed E-state index contributed by atoms with van der Waals surface area (Å²) >= 11 is 0. The number of hydrogen-bond acceptors (Lipinski definition) is 4. The average molecular weight is 380 g/mol. The van der Waals surface area contributed by atoms with E-state index in [1.54, 1.807) is 7.11 Å². The molecule has 1 aliphatic rings. The van der Waals surface area contributed by atoms with Crippen LogP contribution in [0.4, 0.5) is 5.69 Å². The van der Waals surface area contributed by atoms with Gasteiger partial charge in [0.2, 0.25) is 0 Å². The Hall–Kier alpha value is -2.83. The summed E-state index contributed by atoms with van der Waals surface area (Å²) in [6, 6.07) is 15.8. The summed E-state index contributed by atoms with van der Waals surface area (Å²) in [6.45, 7) is 1.48. The number of benzene rings is 2. The van der Waals surface area contributed by atoms with Gasteiger partial charge in [-0.25, -0.2) is 0 Å². The van der Waals surface area contributed by atoms with Gasteiger partial charge in [-0.2, -0.15) is 0 Å². The van der Waals surface area contributed by atoms with Gasteiger partial charge in [0, 0.05) is 44.5 Å². The Kier molecular flexibility index (Phi) is 5.07. The van der Waals surface area contributed by atoms with Gasteiger partial charge in [0.05, 0.1) is 12.6 Å². The molecule has 146 valence electrons. The van der Waals surface area contributed by atoms with E-state index in [2.05, 4.69) is 16.0 Å². The summed E-state index contributed by atoms with van der Waals surface area (Å²) in [6.07, 6.45) is 2.66. The van der Waals surface area contributed by atoms with Crippen molar-refractivity contribution in [1.82, 2.24) is 4.57 Å². The van der Waals surface area contributed by atoms with E-state index in [1.165, 1.54) is 0 Å². The molecule has 6 nitrogen and oxygen atoms in total. The third-order valence-electron chi connectivity index (χ3n) is 5.26. The van der Waals surface area contributed by atoms with Crippen LogP contribution in [-0.4, -0.2) is 41.5 Å². The molecular weight excluding hydrogens is 356 g/mol. The van der Waals surface area contributed by atoms with Crippen LogP contribution in [0.25, 0.3) is 10.9 Å². The number of methoxy groups -OCH3 is 1. The summed E-state index contributed by atoms with van der Waals surface area (Å²) < 4.78 is 12.7. The lowest BCUT2D eigenvalue weighted by atomic mass is 9.93. The number of aliphatic hydroxyl groups is 1. The zero-order chi connectivity index (χ0) is 19.6. The van der Waals surface area contributed by atoms with Crippen LogP contribution >= 0.6 is 0 Å². The zero-order valence-corrected chi connectivity index (χ0v) is 15.9. The SMILES string of the molecule is COc1cccc(Cn2ccc3ccc(NC(=O)C4(O)CCOCC4)cc32)c1. The van der Waals surface area contributed by atoms with Gasteiger partial charge in [0.25, 0.3) is 5.91 Å². The number of anilines is 1. The number of carbonyl (C=O) groups excluding carboxylic acids is 1. The number of hydrogen-bond donors (Lipinski definition) is 2. The molecule has 0 radical (unpaired) electrons. The molecule has 1 aliphatic heterocycles. The Morgan fingerprint density at radius 3 is 2.82 bits per heavy atom. The lowest BCUT2D eigenvalue weighted by Gasteiger charge is -2.30. The van der Waals surface area contributed by atoms with Gasteiger partial charge >= 0.3 is 0 Å². The van der Waals surface area contributed by atoms with E-state index in [0.29, 0.717) is 38.3 Å². The van der Waals surface area contributed by atoms with Crippen molar-refractivity contribution >= 4 is 22.5 Å². The number of carbonyl (C=O) groups is 1. The first-order valence-corrected chi connectivity index (χ1v) is 9.41. The smallest absolute Gasteiger partial charge is 0.256 e. The standard InChI is InChI=1S/C22H24N2O4/c1-27-19-4-2-3-16(13-19)15-24-10-7-17-5-6-18(14-20(17)24)23-21(25)22(26)8-11-28-12-9-22/h2-7,10,13-14,26H,8-9,11-12,15H2,1H3,(H,23,25). The monoisotopic (exact) mass is 380 g/mol. The molecule has 0 aliphatic carbocycles. The maximum absolute atomic E-state index is 12.6. The Labute approximate surface area is 163 Å². The predicted molar refractivity (Wildman–Crippen MR) is 108 cm³/mol. The van der Waals surface area contributed by atoms with Gasteiger partial charge in [-0.15, -0.1) is 0 Å². The molecule has 1 aromatic heterocycles. The molecule has 2 aromatic carbocycles. The average Bonchev–Trinajstić information content (AvgIpc) is 3.11. The van der Waals surface area contributed by atoms with E-state index in [1.807, 2.05) is 48.7 Å². The number of nitrogens with one attached hydrogen (secondary N) is 1. The molecule has 6 heteroatoms. The molecule has 28 heavy (non-hydrogen) atoms. The number of aromatic nitrogens is 1. The fraction of sp³-hybridized carbons (Fsp3) is 0.318. The van der Waals surface area contributed by atoms with Crippen LogP contribution in [0.5, 0.6) is 5.75 Å². The fourth-order valence-electron chi connectivity index (χ4n) is 3.55. The van der Waals surface area contributed by atoms with E-state index in [4.69, 9.17) is 9.47 Å². The van der Waals surface area contributed by atoms with Crippen molar-refractivity contribution in [2.45, 2.75) is 25.0 Å². The second kappa shape index (κ2) is 7.66. The second-order valence-electron chi connectivity index (χ2n) is 7.17. The van der Waals surface area contributed by atoms with E-state index in [-0.39, 0.29) is 5.91 Å². The minimum atomic E-state index is -1.37. The van der Waals surface area contributed by atoms with Crippen LogP contribution in [0.1, 0.15) is 18.4 Å². The van der Waals surface area contributed by atoms with Crippen molar-refractivity contribution in [2.75, 3.05) is 25.6 Å². The summed E-state index contributed by atoms with van der Waals surface area (Å²) in [5.74, 6) is 0.452. The zero-order valence-electron chi connectivity index (χ0n) is 15.9. The minimum Gasteiger partial charge on any atom is -0.497 e. The molecule has 2 N–H and O–H groups in total. The number of amides is 1. The maximum atomic E-state index is 12.6. The molecular formula is C22H24N2O4. The number of rotatable bonds is 5. The molecule has 1 saturated heterocycles. The summed E-state index contributed by atoms with van der Waals surface area (Å²) in [5.41, 5.74) is 1.45. The van der Waals surface area contributed by atoms with Crippen LogP contribution in [0.2, 0.25) is 0 Å². The van der Waals surface area contributed by atoms with E-state index in [9.17, 15) is 9.90 Å². The number of ether oxygens (including phenoxy) is 2. The molecule has 4 rings (SSSR count). The largest absolute Gasteiger partial charge is 0.497 e. The van der Waals surface area contributed by atoms with Crippen LogP contribution in [0, 0.1) is 0 Å². The number of fused-ring (bicyclic) bond motifs is 1. The van der Waals surface area contributed by atoms with Gasteiger partial charge < -0.3 is 24.5 Å². The van der Waals surface area contributed by atoms with Gasteiger partial charge in [-0.3, -0.25) is 4.79 Å². The highest BCUT2D eigenvalue weighted by molar-refractivity contribution is 5.98. The molecule has 1 amide bonds. The lowest BCUT2D eigenvalue weighted by molar-refractivity contribution is -0.143. The van der Waals surface area contributed by atoms with E-state index < -0.39 is 5.60 Å². The molecule has 3 aromatic rings. The van der Waals surface area contributed by atoms with Gasteiger partial charge in [-0.05, 0) is 41.3 Å². The van der Waals surface area contributed by atoms with Crippen LogP contribution in [0.15, 0.2) is 54.7 Å². The quantitative estimate of drug-likeness (QED) is 0.713. The molecule has 0 bridgehead atoms. The lowest BCUT2D eigenvalue weighted by Crippen LogP contribution is -2.47. The summed E-state index contributed by atoms with van der Waals surface area (Å²) in [4.78, 5) is 12.6. The molecule has 0 atom stereocenters. The minimum absolute atomic E-state index is 0.313. The third kappa shape index (κ3) is 3.74. The van der Waals surface area contributed by atoms with Gasteiger partial charge in [-0.1, -0.05) is 18.2 Å². The van der Waals surface area contributed by atoms with Crippen molar-refractivity contribution in [3.8, 4) is 5.75 Å². The Morgan fingerprint density at radius 2 is 2.04 bits per heavy atom. The third-order valence-corrected chi connectivity index (χ3v) is 5.26. The number of nitrogens with zero attached hydrogens (tertiary/aromatic N) is 1. The molecule has 2 heterocycles. The Bertz CT molecular complexity index is 989. The maximum Gasteiger partial charge on any atom is 0.256 e. The highest BCUT2D eigenvalue weighted by atomic mass is 16.5. The topological polar surface area (TPSA) is 72.7 Å². The highest BCUT2D eigenvalue weighted by Gasteiger charge is 2.37. The fourth-order valence-corrected chi connectivity index (χ4v) is 3.55. The Balaban J connectivity index is 1.56. The van der Waals surface area contributed by atoms with Crippen molar-refractivity contribution in [2.24, 2.45) is 0 Å². The molecule has 0 spiro atoms. The molecule has 0 saturated carbocycles. The van der Waals surface area contributed by atoms with E-state index >= 15 is 0 Å². The van der Waals surface area contributed by atoms with Crippen LogP contribution in [-0.2, 0) is 16.1 Å². The first-order valence-electron chi connectivity index (χ1n) is 9.41. The van der Waals surface area contributed by atoms with Crippen LogP contribution in [0.3, 0.4) is 0 Å². The van der Waals surface area contributed by atoms with Crippen molar-refractivity contribution in [3.05, 3.63) is 60.3 Å². The second-order valence-corrected chi connectivity index (χ2v) is 7.17. The molecule has 0 unspecified atom stereocenters. The molecule has 1 fully saturated rings. The van der Waals surface area contributed by atoms with Gasteiger partial charge in [0.15, 0.2) is 0 Å². The normalized spacial score (nSPS) is 16.1. The summed E-state index contributed by atoms with van der Waals surface area (Å²) in [7, 11) is 1.66. The van der Waals surface area contributed by atoms with Crippen molar-refractivity contribution < 1.29 is 19.4 Å². The highest BCUT2D eigenvalue weighted by Crippen LogP contribution is 2.26. The van der Waals surface area contributed by atoms with Crippen LogP contribution < -0.4 is 10.1 Å². The predicted octanol–water partition coefficient (Wildman–Crippen LogP) is 3.18. The van der Waals surface area contributed by atoms with Gasteiger partial charge in [0.1, 0.15) is 11.4 Å². The first-order chi connectivity index (χ1) is 13.6.